The van der Waals surface area contributed by atoms with Crippen molar-refractivity contribution in [3.63, 3.8) is 0 Å². The molecule has 0 aliphatic carbocycles. The highest BCUT2D eigenvalue weighted by atomic mass is 16.3. The highest BCUT2D eigenvalue weighted by Gasteiger charge is 2.52. The molecule has 1 spiro atoms. The Morgan fingerprint density at radius 3 is 2.23 bits per heavy atom. The number of likely N-dealkylation sites (tertiary alicyclic amines) is 2. The largest absolute Gasteiger partial charge is 0.394 e. The molecule has 1 aromatic rings. The lowest BCUT2D eigenvalue weighted by Crippen LogP contribution is -2.46. The summed E-state index contributed by atoms with van der Waals surface area (Å²) in [6.07, 6.45) is 3.54. The Balaban J connectivity index is 1.67. The Morgan fingerprint density at radius 1 is 1.15 bits per heavy atom. The van der Waals surface area contributed by atoms with E-state index >= 15 is 0 Å². The van der Waals surface area contributed by atoms with E-state index < -0.39 is 5.54 Å². The van der Waals surface area contributed by atoms with Crippen molar-refractivity contribution in [3.05, 3.63) is 35.4 Å². The van der Waals surface area contributed by atoms with Crippen LogP contribution < -0.4 is 0 Å². The van der Waals surface area contributed by atoms with Gasteiger partial charge in [-0.3, -0.25) is 9.59 Å². The molecule has 5 heteroatoms. The maximum Gasteiger partial charge on any atom is 0.253 e. The van der Waals surface area contributed by atoms with Crippen LogP contribution in [0.5, 0.6) is 0 Å². The fraction of sp³-hybridized carbons (Fsp3) is 0.619. The van der Waals surface area contributed by atoms with E-state index in [0.717, 1.165) is 31.2 Å². The van der Waals surface area contributed by atoms with Gasteiger partial charge in [-0.05, 0) is 55.7 Å². The van der Waals surface area contributed by atoms with E-state index in [2.05, 4.69) is 6.92 Å². The average Bonchev–Trinajstić information content (AvgIpc) is 2.95. The molecular weight excluding hydrogens is 328 g/mol. The van der Waals surface area contributed by atoms with Gasteiger partial charge in [0.2, 0.25) is 5.91 Å². The van der Waals surface area contributed by atoms with Gasteiger partial charge in [0.25, 0.3) is 5.91 Å². The minimum absolute atomic E-state index is 0.0131. The lowest BCUT2D eigenvalue weighted by atomic mass is 9.74. The van der Waals surface area contributed by atoms with E-state index in [1.54, 1.807) is 6.92 Å². The second-order valence-corrected chi connectivity index (χ2v) is 8.28. The third-order valence-electron chi connectivity index (χ3n) is 6.34. The first kappa shape index (κ1) is 18.9. The van der Waals surface area contributed by atoms with Crippen LogP contribution in [0.1, 0.15) is 56.0 Å². The molecule has 0 aromatic heterocycles. The quantitative estimate of drug-likeness (QED) is 0.903. The summed E-state index contributed by atoms with van der Waals surface area (Å²) in [6, 6.07) is 7.88. The summed E-state index contributed by atoms with van der Waals surface area (Å²) in [5.74, 6) is 0.113. The van der Waals surface area contributed by atoms with Gasteiger partial charge in [-0.25, -0.2) is 0 Å². The summed E-state index contributed by atoms with van der Waals surface area (Å²) in [7, 11) is 0. The SMILES string of the molecule is CCc1ccc(C(=O)N2CCC3(CC2)CN(C(C)=O)[C@](C)(CO)C3)cc1. The standard InChI is InChI=1S/C21H30N2O3/c1-4-17-5-7-18(8-6-17)19(26)22-11-9-21(10-12-22)13-20(3,15-24)23(14-21)16(2)25/h5-8,24H,4,9-15H2,1-3H3/t20-/m0/s1. The van der Waals surface area contributed by atoms with Crippen molar-refractivity contribution >= 4 is 11.8 Å². The lowest BCUT2D eigenvalue weighted by Gasteiger charge is -2.39. The van der Waals surface area contributed by atoms with Crippen LogP contribution in [0, 0.1) is 5.41 Å². The first-order chi connectivity index (χ1) is 12.3. The number of nitrogens with zero attached hydrogens (tertiary/aromatic N) is 2. The van der Waals surface area contributed by atoms with Gasteiger partial charge in [0.15, 0.2) is 0 Å². The number of aliphatic hydroxyl groups is 1. The molecule has 0 saturated carbocycles. The second kappa shape index (κ2) is 7.03. The van der Waals surface area contributed by atoms with Crippen LogP contribution >= 0.6 is 0 Å². The molecule has 2 aliphatic heterocycles. The van der Waals surface area contributed by atoms with Crippen LogP contribution in [-0.4, -0.2) is 58.5 Å². The highest BCUT2D eigenvalue weighted by Crippen LogP contribution is 2.48. The zero-order valence-electron chi connectivity index (χ0n) is 16.1. The third kappa shape index (κ3) is 3.37. The van der Waals surface area contributed by atoms with Gasteiger partial charge in [-0.1, -0.05) is 19.1 Å². The van der Waals surface area contributed by atoms with Crippen molar-refractivity contribution < 1.29 is 14.7 Å². The van der Waals surface area contributed by atoms with Crippen molar-refractivity contribution in [1.29, 1.82) is 0 Å². The average molecular weight is 358 g/mol. The van der Waals surface area contributed by atoms with E-state index in [0.29, 0.717) is 19.6 Å². The number of aliphatic hydroxyl groups excluding tert-OH is 1. The van der Waals surface area contributed by atoms with E-state index in [4.69, 9.17) is 0 Å². The normalized spacial score (nSPS) is 24.9. The summed E-state index contributed by atoms with van der Waals surface area (Å²) in [5, 5.41) is 9.83. The number of amides is 2. The molecule has 3 rings (SSSR count). The fourth-order valence-electron chi connectivity index (χ4n) is 4.70. The third-order valence-corrected chi connectivity index (χ3v) is 6.34. The molecule has 1 N–H and O–H groups in total. The summed E-state index contributed by atoms with van der Waals surface area (Å²) >= 11 is 0. The Bertz CT molecular complexity index is 677. The molecule has 1 atom stereocenters. The number of carbonyl (C=O) groups is 2. The highest BCUT2D eigenvalue weighted by molar-refractivity contribution is 5.94. The molecule has 2 heterocycles. The second-order valence-electron chi connectivity index (χ2n) is 8.28. The molecule has 142 valence electrons. The van der Waals surface area contributed by atoms with Crippen molar-refractivity contribution in [2.24, 2.45) is 5.41 Å². The number of carbonyl (C=O) groups excluding carboxylic acids is 2. The molecule has 0 radical (unpaired) electrons. The van der Waals surface area contributed by atoms with Crippen LogP contribution in [0.3, 0.4) is 0 Å². The van der Waals surface area contributed by atoms with Gasteiger partial charge < -0.3 is 14.9 Å². The van der Waals surface area contributed by atoms with Crippen molar-refractivity contribution in [2.45, 2.75) is 52.0 Å². The van der Waals surface area contributed by atoms with Crippen molar-refractivity contribution in [2.75, 3.05) is 26.2 Å². The first-order valence-corrected chi connectivity index (χ1v) is 9.60. The van der Waals surface area contributed by atoms with Crippen molar-refractivity contribution in [1.82, 2.24) is 9.80 Å². The number of hydrogen-bond acceptors (Lipinski definition) is 3. The zero-order valence-corrected chi connectivity index (χ0v) is 16.1. The van der Waals surface area contributed by atoms with Gasteiger partial charge in [0.05, 0.1) is 12.1 Å². The maximum absolute atomic E-state index is 12.8. The van der Waals surface area contributed by atoms with Gasteiger partial charge >= 0.3 is 0 Å². The van der Waals surface area contributed by atoms with E-state index in [1.807, 2.05) is 41.0 Å². The van der Waals surface area contributed by atoms with E-state index in [9.17, 15) is 14.7 Å². The minimum Gasteiger partial charge on any atom is -0.394 e. The Labute approximate surface area is 156 Å². The number of benzene rings is 1. The fourth-order valence-corrected chi connectivity index (χ4v) is 4.70. The smallest absolute Gasteiger partial charge is 0.253 e. The Hall–Kier alpha value is -1.88. The summed E-state index contributed by atoms with van der Waals surface area (Å²) < 4.78 is 0. The predicted octanol–water partition coefficient (Wildman–Crippen LogP) is 2.47. The number of rotatable bonds is 3. The number of aryl methyl sites for hydroxylation is 1. The molecule has 26 heavy (non-hydrogen) atoms. The summed E-state index contributed by atoms with van der Waals surface area (Å²) in [5.41, 5.74) is 1.52. The van der Waals surface area contributed by atoms with Crippen molar-refractivity contribution in [3.8, 4) is 0 Å². The topological polar surface area (TPSA) is 60.9 Å². The number of hydrogen-bond donors (Lipinski definition) is 1. The zero-order chi connectivity index (χ0) is 18.9. The molecule has 2 fully saturated rings. The Morgan fingerprint density at radius 2 is 1.77 bits per heavy atom. The number of piperidine rings is 1. The minimum atomic E-state index is -0.478. The molecule has 5 nitrogen and oxygen atoms in total. The summed E-state index contributed by atoms with van der Waals surface area (Å²) in [4.78, 5) is 28.5. The van der Waals surface area contributed by atoms with Crippen LogP contribution in [0.4, 0.5) is 0 Å². The predicted molar refractivity (Wildman–Crippen MR) is 101 cm³/mol. The summed E-state index contributed by atoms with van der Waals surface area (Å²) in [6.45, 7) is 7.74. The first-order valence-electron chi connectivity index (χ1n) is 9.60. The van der Waals surface area contributed by atoms with E-state index in [1.165, 1.54) is 5.56 Å². The molecule has 2 amide bonds. The Kier molecular flexibility index (Phi) is 5.11. The molecule has 0 bridgehead atoms. The molecule has 2 aliphatic rings. The van der Waals surface area contributed by atoms with Crippen LogP contribution in [0.25, 0.3) is 0 Å². The monoisotopic (exact) mass is 358 g/mol. The maximum atomic E-state index is 12.8. The molecule has 0 unspecified atom stereocenters. The van der Waals surface area contributed by atoms with E-state index in [-0.39, 0.29) is 23.8 Å². The molecule has 1 aromatic carbocycles. The molecular formula is C21H30N2O3. The van der Waals surface area contributed by atoms with Gasteiger partial charge in [-0.2, -0.15) is 0 Å². The van der Waals surface area contributed by atoms with Gasteiger partial charge in [0, 0.05) is 32.1 Å². The van der Waals surface area contributed by atoms with Crippen LogP contribution in [-0.2, 0) is 11.2 Å². The van der Waals surface area contributed by atoms with Gasteiger partial charge in [0.1, 0.15) is 0 Å². The molecule has 2 saturated heterocycles. The lowest BCUT2D eigenvalue weighted by molar-refractivity contribution is -0.134. The van der Waals surface area contributed by atoms with Gasteiger partial charge in [-0.15, -0.1) is 0 Å². The van der Waals surface area contributed by atoms with Crippen LogP contribution in [0.2, 0.25) is 0 Å². The van der Waals surface area contributed by atoms with Crippen LogP contribution in [0.15, 0.2) is 24.3 Å².